The second-order valence-corrected chi connectivity index (χ2v) is 4.39. The molecule has 0 aliphatic carbocycles. The van der Waals surface area contributed by atoms with Crippen LogP contribution in [0.15, 0.2) is 46.9 Å². The molecular formula is C15H12FNO. The molecule has 0 bridgehead atoms. The third kappa shape index (κ3) is 1.74. The zero-order chi connectivity index (χ0) is 12.7. The number of rotatable bonds is 1. The Hall–Kier alpha value is -2.29. The van der Waals surface area contributed by atoms with Crippen LogP contribution in [-0.2, 0) is 0 Å². The average Bonchev–Trinajstić information content (AvgIpc) is 2.71. The lowest BCUT2D eigenvalue weighted by molar-refractivity contribution is 0.602. The second kappa shape index (κ2) is 3.88. The Morgan fingerprint density at radius 1 is 1.06 bits per heavy atom. The van der Waals surface area contributed by atoms with Crippen LogP contribution in [0.1, 0.15) is 5.56 Å². The largest absolute Gasteiger partial charge is 0.456 e. The summed E-state index contributed by atoms with van der Waals surface area (Å²) in [4.78, 5) is 0. The molecule has 0 spiro atoms. The summed E-state index contributed by atoms with van der Waals surface area (Å²) in [6.45, 7) is 2.01. The molecule has 18 heavy (non-hydrogen) atoms. The number of fused-ring (bicyclic) bond motifs is 1. The maximum Gasteiger partial charge on any atom is 0.138 e. The van der Waals surface area contributed by atoms with Gasteiger partial charge in [0, 0.05) is 11.1 Å². The first kappa shape index (κ1) is 10.8. The molecule has 0 aliphatic heterocycles. The Balaban J connectivity index is 2.19. The molecule has 2 aromatic carbocycles. The summed E-state index contributed by atoms with van der Waals surface area (Å²) in [6, 6.07) is 12.3. The topological polar surface area (TPSA) is 39.2 Å². The molecule has 1 aromatic heterocycles. The number of hydrogen-bond donors (Lipinski definition) is 1. The number of aryl methyl sites for hydroxylation is 1. The van der Waals surface area contributed by atoms with E-state index in [0.717, 1.165) is 16.5 Å². The van der Waals surface area contributed by atoms with Crippen LogP contribution in [0.3, 0.4) is 0 Å². The number of nitrogen functional groups attached to an aromatic ring is 1. The van der Waals surface area contributed by atoms with Crippen LogP contribution in [0.25, 0.3) is 22.3 Å². The first-order valence-corrected chi connectivity index (χ1v) is 5.69. The van der Waals surface area contributed by atoms with Gasteiger partial charge in [-0.25, -0.2) is 4.39 Å². The van der Waals surface area contributed by atoms with Crippen LogP contribution in [-0.4, -0.2) is 0 Å². The fraction of sp³-hybridized carbons (Fsp3) is 0.0667. The highest BCUT2D eigenvalue weighted by Crippen LogP contribution is 2.30. The van der Waals surface area contributed by atoms with Gasteiger partial charge in [-0.1, -0.05) is 11.6 Å². The molecule has 0 unspecified atom stereocenters. The number of nitrogens with two attached hydrogens (primary N) is 1. The van der Waals surface area contributed by atoms with Gasteiger partial charge in [0.15, 0.2) is 0 Å². The van der Waals surface area contributed by atoms with Crippen LogP contribution < -0.4 is 5.73 Å². The minimum atomic E-state index is -0.370. The SMILES string of the molecule is Cc1ccc2oc(-c3ccc(N)cc3F)cc2c1. The maximum atomic E-state index is 13.8. The van der Waals surface area contributed by atoms with Gasteiger partial charge in [-0.2, -0.15) is 0 Å². The number of anilines is 1. The summed E-state index contributed by atoms with van der Waals surface area (Å²) in [5.74, 6) is 0.152. The lowest BCUT2D eigenvalue weighted by atomic mass is 10.1. The van der Waals surface area contributed by atoms with E-state index in [1.54, 1.807) is 12.1 Å². The smallest absolute Gasteiger partial charge is 0.138 e. The van der Waals surface area contributed by atoms with Crippen molar-refractivity contribution < 1.29 is 8.81 Å². The molecule has 1 heterocycles. The Labute approximate surface area is 104 Å². The number of halogens is 1. The van der Waals surface area contributed by atoms with Gasteiger partial charge in [-0.05, 0) is 43.3 Å². The van der Waals surface area contributed by atoms with Crippen LogP contribution in [0.2, 0.25) is 0 Å². The van der Waals surface area contributed by atoms with E-state index in [0.29, 0.717) is 17.0 Å². The predicted octanol–water partition coefficient (Wildman–Crippen LogP) is 4.13. The molecule has 2 nitrogen and oxygen atoms in total. The number of furan rings is 1. The second-order valence-electron chi connectivity index (χ2n) is 4.39. The third-order valence-corrected chi connectivity index (χ3v) is 2.93. The van der Waals surface area contributed by atoms with Gasteiger partial charge in [-0.15, -0.1) is 0 Å². The van der Waals surface area contributed by atoms with Crippen LogP contribution >= 0.6 is 0 Å². The summed E-state index contributed by atoms with van der Waals surface area (Å²) in [6.07, 6.45) is 0. The van der Waals surface area contributed by atoms with E-state index in [1.807, 2.05) is 31.2 Å². The normalized spacial score (nSPS) is 11.0. The minimum absolute atomic E-state index is 0.370. The van der Waals surface area contributed by atoms with Crippen molar-refractivity contribution in [3.05, 3.63) is 53.8 Å². The van der Waals surface area contributed by atoms with Crippen molar-refractivity contribution in [1.82, 2.24) is 0 Å². The van der Waals surface area contributed by atoms with Gasteiger partial charge in [0.1, 0.15) is 17.2 Å². The van der Waals surface area contributed by atoms with Crippen molar-refractivity contribution in [2.45, 2.75) is 6.92 Å². The molecule has 3 aromatic rings. The van der Waals surface area contributed by atoms with Gasteiger partial charge >= 0.3 is 0 Å². The molecule has 0 saturated carbocycles. The summed E-state index contributed by atoms with van der Waals surface area (Å²) >= 11 is 0. The number of hydrogen-bond acceptors (Lipinski definition) is 2. The fourth-order valence-electron chi connectivity index (χ4n) is 2.03. The quantitative estimate of drug-likeness (QED) is 0.650. The standard InChI is InChI=1S/C15H12FNO/c1-9-2-5-14-10(6-9)7-15(18-14)12-4-3-11(17)8-13(12)16/h2-8H,17H2,1H3. The van der Waals surface area contributed by atoms with Crippen molar-refractivity contribution in [2.75, 3.05) is 5.73 Å². The molecule has 3 heteroatoms. The zero-order valence-electron chi connectivity index (χ0n) is 9.91. The molecule has 0 fully saturated rings. The number of benzene rings is 2. The van der Waals surface area contributed by atoms with E-state index >= 15 is 0 Å². The zero-order valence-corrected chi connectivity index (χ0v) is 9.91. The molecule has 0 saturated heterocycles. The van der Waals surface area contributed by atoms with Gasteiger partial charge < -0.3 is 10.2 Å². The molecule has 0 atom stereocenters. The van der Waals surface area contributed by atoms with Crippen molar-refractivity contribution in [3.63, 3.8) is 0 Å². The van der Waals surface area contributed by atoms with E-state index < -0.39 is 0 Å². The molecule has 90 valence electrons. The lowest BCUT2D eigenvalue weighted by Gasteiger charge is -1.99. The first-order chi connectivity index (χ1) is 8.63. The molecular weight excluding hydrogens is 229 g/mol. The van der Waals surface area contributed by atoms with Crippen LogP contribution in [0, 0.1) is 12.7 Å². The van der Waals surface area contributed by atoms with Crippen LogP contribution in [0.5, 0.6) is 0 Å². The molecule has 2 N–H and O–H groups in total. The Kier molecular flexibility index (Phi) is 2.33. The van der Waals surface area contributed by atoms with Crippen molar-refractivity contribution in [1.29, 1.82) is 0 Å². The molecule has 3 rings (SSSR count). The third-order valence-electron chi connectivity index (χ3n) is 2.93. The van der Waals surface area contributed by atoms with E-state index in [1.165, 1.54) is 6.07 Å². The van der Waals surface area contributed by atoms with Gasteiger partial charge in [0.25, 0.3) is 0 Å². The van der Waals surface area contributed by atoms with E-state index in [4.69, 9.17) is 10.2 Å². The lowest BCUT2D eigenvalue weighted by Crippen LogP contribution is -1.88. The van der Waals surface area contributed by atoms with Crippen molar-refractivity contribution in [2.24, 2.45) is 0 Å². The van der Waals surface area contributed by atoms with Crippen molar-refractivity contribution >= 4 is 16.7 Å². The molecule has 0 radical (unpaired) electrons. The molecule has 0 aliphatic rings. The summed E-state index contributed by atoms with van der Waals surface area (Å²) in [7, 11) is 0. The highest BCUT2D eigenvalue weighted by molar-refractivity contribution is 5.83. The fourth-order valence-corrected chi connectivity index (χ4v) is 2.03. The van der Waals surface area contributed by atoms with Crippen molar-refractivity contribution in [3.8, 4) is 11.3 Å². The maximum absolute atomic E-state index is 13.8. The van der Waals surface area contributed by atoms with E-state index in [9.17, 15) is 4.39 Å². The van der Waals surface area contributed by atoms with Gasteiger partial charge in [0.2, 0.25) is 0 Å². The first-order valence-electron chi connectivity index (χ1n) is 5.69. The molecule has 0 amide bonds. The van der Waals surface area contributed by atoms with Gasteiger partial charge in [-0.3, -0.25) is 0 Å². The van der Waals surface area contributed by atoms with Crippen LogP contribution in [0.4, 0.5) is 10.1 Å². The average molecular weight is 241 g/mol. The summed E-state index contributed by atoms with van der Waals surface area (Å²) in [5, 5.41) is 0.973. The summed E-state index contributed by atoms with van der Waals surface area (Å²) < 4.78 is 19.5. The highest BCUT2D eigenvalue weighted by Gasteiger charge is 2.10. The Bertz CT molecular complexity index is 730. The van der Waals surface area contributed by atoms with E-state index in [2.05, 4.69) is 0 Å². The predicted molar refractivity (Wildman–Crippen MR) is 70.8 cm³/mol. The minimum Gasteiger partial charge on any atom is -0.456 e. The van der Waals surface area contributed by atoms with E-state index in [-0.39, 0.29) is 5.82 Å². The van der Waals surface area contributed by atoms with Gasteiger partial charge in [0.05, 0.1) is 5.56 Å². The Morgan fingerprint density at radius 2 is 1.89 bits per heavy atom. The Morgan fingerprint density at radius 3 is 2.67 bits per heavy atom. The summed E-state index contributed by atoms with van der Waals surface area (Å²) in [5.41, 5.74) is 8.27. The monoisotopic (exact) mass is 241 g/mol. The highest BCUT2D eigenvalue weighted by atomic mass is 19.1.